The lowest BCUT2D eigenvalue weighted by atomic mass is 9.83. The van der Waals surface area contributed by atoms with E-state index in [9.17, 15) is 0 Å². The second-order valence-corrected chi connectivity index (χ2v) is 5.51. The Labute approximate surface area is 93.8 Å². The molecule has 1 spiro atoms. The normalized spacial score (nSPS) is 29.0. The van der Waals surface area contributed by atoms with Crippen molar-refractivity contribution in [3.05, 3.63) is 21.9 Å². The zero-order valence-electron chi connectivity index (χ0n) is 8.88. The zero-order chi connectivity index (χ0) is 10.3. The van der Waals surface area contributed by atoms with Crippen LogP contribution >= 0.6 is 11.3 Å². The minimum atomic E-state index is 0.0196. The van der Waals surface area contributed by atoms with Gasteiger partial charge >= 0.3 is 0 Å². The van der Waals surface area contributed by atoms with Crippen LogP contribution in [-0.4, -0.2) is 31.8 Å². The largest absolute Gasteiger partial charge is 0.369 e. The highest BCUT2D eigenvalue weighted by atomic mass is 32.1. The third-order valence-corrected chi connectivity index (χ3v) is 4.18. The number of ether oxygens (including phenoxy) is 1. The fraction of sp³-hybridized carbons (Fsp3) is 0.636. The molecular weight excluding hydrogens is 208 g/mol. The van der Waals surface area contributed by atoms with Crippen molar-refractivity contribution in [2.75, 3.05) is 26.2 Å². The molecule has 2 saturated heterocycles. The highest BCUT2D eigenvalue weighted by Crippen LogP contribution is 2.36. The summed E-state index contributed by atoms with van der Waals surface area (Å²) in [5, 5.41) is 9.15. The number of hydrogen-bond donors (Lipinski definition) is 2. The summed E-state index contributed by atoms with van der Waals surface area (Å²) < 4.78 is 5.96. The smallest absolute Gasteiger partial charge is 0.112 e. The molecule has 1 atom stereocenters. The summed E-state index contributed by atoms with van der Waals surface area (Å²) in [7, 11) is 0. The topological polar surface area (TPSA) is 33.3 Å². The number of hydrogen-bond acceptors (Lipinski definition) is 4. The Balaban J connectivity index is 1.89. The maximum atomic E-state index is 5.96. The zero-order valence-corrected chi connectivity index (χ0v) is 9.69. The summed E-state index contributed by atoms with van der Waals surface area (Å²) in [4.78, 5) is 1.37. The monoisotopic (exact) mass is 224 g/mol. The number of nitrogens with one attached hydrogen (secondary N) is 2. The fourth-order valence-electron chi connectivity index (χ4n) is 2.44. The van der Waals surface area contributed by atoms with Crippen LogP contribution in [0, 0.1) is 6.92 Å². The summed E-state index contributed by atoms with van der Waals surface area (Å²) in [6, 6.07) is 2.65. The van der Waals surface area contributed by atoms with E-state index in [1.165, 1.54) is 10.4 Å². The Bertz CT molecular complexity index is 359. The van der Waals surface area contributed by atoms with Crippen LogP contribution in [0.3, 0.4) is 0 Å². The lowest BCUT2D eigenvalue weighted by molar-refractivity contribution is -0.128. The van der Waals surface area contributed by atoms with E-state index in [1.54, 1.807) is 0 Å². The lowest BCUT2D eigenvalue weighted by Crippen LogP contribution is -2.69. The molecule has 2 aliphatic rings. The molecular formula is C11H16N2OS. The molecule has 3 heterocycles. The van der Waals surface area contributed by atoms with Gasteiger partial charge in [-0.3, -0.25) is 0 Å². The maximum absolute atomic E-state index is 5.96. The van der Waals surface area contributed by atoms with Crippen molar-refractivity contribution in [3.8, 4) is 0 Å². The Morgan fingerprint density at radius 1 is 1.53 bits per heavy atom. The molecule has 0 saturated carbocycles. The predicted octanol–water partition coefficient (Wildman–Crippen LogP) is 1.06. The molecule has 0 amide bonds. The van der Waals surface area contributed by atoms with E-state index in [0.29, 0.717) is 6.04 Å². The average Bonchev–Trinajstić information content (AvgIpc) is 2.62. The van der Waals surface area contributed by atoms with Crippen LogP contribution in [0.5, 0.6) is 0 Å². The van der Waals surface area contributed by atoms with Gasteiger partial charge in [-0.1, -0.05) is 0 Å². The number of rotatable bonds is 1. The molecule has 2 N–H and O–H groups in total. The van der Waals surface area contributed by atoms with Crippen LogP contribution < -0.4 is 10.6 Å². The van der Waals surface area contributed by atoms with Gasteiger partial charge in [0.05, 0.1) is 12.6 Å². The van der Waals surface area contributed by atoms with E-state index in [4.69, 9.17) is 4.74 Å². The minimum absolute atomic E-state index is 0.0196. The van der Waals surface area contributed by atoms with Gasteiger partial charge in [-0.05, 0) is 23.9 Å². The molecule has 1 unspecified atom stereocenters. The second-order valence-electron chi connectivity index (χ2n) is 4.39. The summed E-state index contributed by atoms with van der Waals surface area (Å²) in [6.45, 7) is 5.89. The average molecular weight is 224 g/mol. The molecule has 0 bridgehead atoms. The van der Waals surface area contributed by atoms with Crippen molar-refractivity contribution in [2.24, 2.45) is 0 Å². The number of aryl methyl sites for hydroxylation is 1. The maximum Gasteiger partial charge on any atom is 0.112 e. The molecule has 0 aromatic carbocycles. The first kappa shape index (κ1) is 9.78. The summed E-state index contributed by atoms with van der Waals surface area (Å²) in [6.07, 6.45) is 0. The van der Waals surface area contributed by atoms with E-state index >= 15 is 0 Å². The summed E-state index contributed by atoms with van der Waals surface area (Å²) in [5.74, 6) is 0. The van der Waals surface area contributed by atoms with Crippen molar-refractivity contribution in [1.29, 1.82) is 0 Å². The first-order valence-corrected chi connectivity index (χ1v) is 6.31. The van der Waals surface area contributed by atoms with Gasteiger partial charge in [0, 0.05) is 24.5 Å². The van der Waals surface area contributed by atoms with E-state index in [2.05, 4.69) is 29.0 Å². The molecule has 4 heteroatoms. The molecule has 1 aromatic rings. The van der Waals surface area contributed by atoms with Gasteiger partial charge in [-0.2, -0.15) is 0 Å². The van der Waals surface area contributed by atoms with Crippen molar-refractivity contribution < 1.29 is 4.74 Å². The van der Waals surface area contributed by atoms with Crippen LogP contribution in [0.2, 0.25) is 0 Å². The van der Waals surface area contributed by atoms with Crippen LogP contribution in [0.25, 0.3) is 0 Å². The van der Waals surface area contributed by atoms with E-state index in [-0.39, 0.29) is 5.60 Å². The van der Waals surface area contributed by atoms with Crippen LogP contribution in [-0.2, 0) is 4.74 Å². The minimum Gasteiger partial charge on any atom is -0.369 e. The van der Waals surface area contributed by atoms with E-state index in [1.807, 2.05) is 11.3 Å². The molecule has 1 aromatic heterocycles. The van der Waals surface area contributed by atoms with Gasteiger partial charge in [0.1, 0.15) is 5.60 Å². The predicted molar refractivity (Wildman–Crippen MR) is 61.4 cm³/mol. The standard InChI is InChI=1S/C11H16N2OS/c1-8-4-9(5-15-8)10-11(6-12-7-11)14-3-2-13-10/h4-5,10,12-13H,2-3,6-7H2,1H3. The first-order valence-electron chi connectivity index (χ1n) is 5.43. The Hall–Kier alpha value is -0.420. The molecule has 15 heavy (non-hydrogen) atoms. The van der Waals surface area contributed by atoms with Gasteiger partial charge in [0.2, 0.25) is 0 Å². The van der Waals surface area contributed by atoms with Crippen molar-refractivity contribution in [2.45, 2.75) is 18.6 Å². The van der Waals surface area contributed by atoms with Crippen LogP contribution in [0.1, 0.15) is 16.5 Å². The van der Waals surface area contributed by atoms with Gasteiger partial charge < -0.3 is 15.4 Å². The molecule has 2 aliphatic heterocycles. The van der Waals surface area contributed by atoms with Gasteiger partial charge in [0.15, 0.2) is 0 Å². The second kappa shape index (κ2) is 3.56. The lowest BCUT2D eigenvalue weighted by Gasteiger charge is -2.50. The van der Waals surface area contributed by atoms with Gasteiger partial charge in [0.25, 0.3) is 0 Å². The first-order chi connectivity index (χ1) is 7.30. The molecule has 82 valence electrons. The molecule has 0 radical (unpaired) electrons. The van der Waals surface area contributed by atoms with Gasteiger partial charge in [-0.25, -0.2) is 0 Å². The van der Waals surface area contributed by atoms with Crippen molar-refractivity contribution >= 4 is 11.3 Å². The third kappa shape index (κ3) is 1.52. The van der Waals surface area contributed by atoms with E-state index < -0.39 is 0 Å². The summed E-state index contributed by atoms with van der Waals surface area (Å²) in [5.41, 5.74) is 1.41. The van der Waals surface area contributed by atoms with Crippen molar-refractivity contribution in [3.63, 3.8) is 0 Å². The Morgan fingerprint density at radius 2 is 2.40 bits per heavy atom. The quantitative estimate of drug-likeness (QED) is 0.748. The van der Waals surface area contributed by atoms with Crippen LogP contribution in [0.4, 0.5) is 0 Å². The Morgan fingerprint density at radius 3 is 3.00 bits per heavy atom. The highest BCUT2D eigenvalue weighted by Gasteiger charge is 2.47. The molecule has 2 fully saturated rings. The Kier molecular flexibility index (Phi) is 2.32. The highest BCUT2D eigenvalue weighted by molar-refractivity contribution is 7.10. The SMILES string of the molecule is Cc1cc(C2NCCOC23CNC3)cs1. The number of morpholine rings is 1. The molecule has 0 aliphatic carbocycles. The number of thiophene rings is 1. The summed E-state index contributed by atoms with van der Waals surface area (Å²) >= 11 is 1.82. The fourth-order valence-corrected chi connectivity index (χ4v) is 3.17. The van der Waals surface area contributed by atoms with Gasteiger partial charge in [-0.15, -0.1) is 11.3 Å². The molecule has 3 rings (SSSR count). The van der Waals surface area contributed by atoms with Crippen molar-refractivity contribution in [1.82, 2.24) is 10.6 Å². The third-order valence-electron chi connectivity index (χ3n) is 3.30. The molecule has 3 nitrogen and oxygen atoms in total. The van der Waals surface area contributed by atoms with E-state index in [0.717, 1.165) is 26.2 Å². The van der Waals surface area contributed by atoms with Crippen LogP contribution in [0.15, 0.2) is 11.4 Å².